The van der Waals surface area contributed by atoms with Gasteiger partial charge in [0.2, 0.25) is 0 Å². The normalized spacial score (nSPS) is 11.6. The molecule has 0 bridgehead atoms. The van der Waals surface area contributed by atoms with Crippen molar-refractivity contribution < 1.29 is 9.90 Å². The van der Waals surface area contributed by atoms with E-state index in [1.807, 2.05) is 0 Å². The minimum Gasteiger partial charge on any atom is -0.390 e. The van der Waals surface area contributed by atoms with E-state index in [1.54, 1.807) is 13.8 Å². The first kappa shape index (κ1) is 9.06. The van der Waals surface area contributed by atoms with Gasteiger partial charge in [-0.05, 0) is 13.8 Å². The quantitative estimate of drug-likeness (QED) is 0.595. The Morgan fingerprint density at radius 2 is 2.11 bits per heavy atom. The van der Waals surface area contributed by atoms with Gasteiger partial charge >= 0.3 is 0 Å². The summed E-state index contributed by atoms with van der Waals surface area (Å²) in [7, 11) is 2.34. The fourth-order valence-electron chi connectivity index (χ4n) is 0.555. The SMILES string of the molecule is CC(C)(O)CC(=O)CP. The molecule has 9 heavy (non-hydrogen) atoms. The molecule has 3 heteroatoms. The summed E-state index contributed by atoms with van der Waals surface area (Å²) in [5.41, 5.74) is -0.840. The molecule has 1 N–H and O–H groups in total. The topological polar surface area (TPSA) is 37.3 Å². The predicted octanol–water partition coefficient (Wildman–Crippen LogP) is 0.592. The van der Waals surface area contributed by atoms with Crippen molar-refractivity contribution in [2.24, 2.45) is 0 Å². The van der Waals surface area contributed by atoms with Gasteiger partial charge in [0, 0.05) is 12.6 Å². The maximum absolute atomic E-state index is 10.6. The molecular weight excluding hydrogens is 135 g/mol. The molecule has 0 aliphatic heterocycles. The first-order valence-corrected chi connectivity index (χ1v) is 3.71. The summed E-state index contributed by atoms with van der Waals surface area (Å²) >= 11 is 0. The Balaban J connectivity index is 3.60. The number of Topliss-reactive ketones (excluding diaryl/α,β-unsaturated/α-hetero) is 1. The zero-order chi connectivity index (χ0) is 7.49. The monoisotopic (exact) mass is 148 g/mol. The molecule has 0 radical (unpaired) electrons. The van der Waals surface area contributed by atoms with Crippen LogP contribution < -0.4 is 0 Å². The van der Waals surface area contributed by atoms with Gasteiger partial charge in [-0.15, -0.1) is 9.24 Å². The Morgan fingerprint density at radius 1 is 1.67 bits per heavy atom. The third kappa shape index (κ3) is 5.94. The van der Waals surface area contributed by atoms with Crippen molar-refractivity contribution in [3.05, 3.63) is 0 Å². The van der Waals surface area contributed by atoms with E-state index in [0.717, 1.165) is 0 Å². The van der Waals surface area contributed by atoms with E-state index in [1.165, 1.54) is 0 Å². The fraction of sp³-hybridized carbons (Fsp3) is 0.833. The summed E-state index contributed by atoms with van der Waals surface area (Å²) in [6.45, 7) is 3.26. The largest absolute Gasteiger partial charge is 0.390 e. The van der Waals surface area contributed by atoms with Crippen molar-refractivity contribution in [3.8, 4) is 0 Å². The van der Waals surface area contributed by atoms with Crippen LogP contribution in [0.5, 0.6) is 0 Å². The van der Waals surface area contributed by atoms with Crippen LogP contribution in [0.3, 0.4) is 0 Å². The molecule has 0 aromatic heterocycles. The van der Waals surface area contributed by atoms with Crippen molar-refractivity contribution in [2.45, 2.75) is 25.9 Å². The minimum atomic E-state index is -0.840. The number of hydrogen-bond donors (Lipinski definition) is 1. The molecule has 0 rings (SSSR count). The number of carbonyl (C=O) groups is 1. The second-order valence-electron chi connectivity index (χ2n) is 2.73. The van der Waals surface area contributed by atoms with Crippen LogP contribution in [0.2, 0.25) is 0 Å². The number of carbonyl (C=O) groups excluding carboxylic acids is 1. The Labute approximate surface area is 57.8 Å². The van der Waals surface area contributed by atoms with Crippen LogP contribution in [0.1, 0.15) is 20.3 Å². The van der Waals surface area contributed by atoms with Gasteiger partial charge in [-0.25, -0.2) is 0 Å². The lowest BCUT2D eigenvalue weighted by Crippen LogP contribution is -2.23. The third-order valence-corrected chi connectivity index (χ3v) is 1.31. The molecule has 0 saturated carbocycles. The van der Waals surface area contributed by atoms with Gasteiger partial charge in [-0.1, -0.05) is 0 Å². The van der Waals surface area contributed by atoms with Crippen LogP contribution in [0.4, 0.5) is 0 Å². The van der Waals surface area contributed by atoms with Gasteiger partial charge in [-0.2, -0.15) is 0 Å². The molecule has 0 aromatic carbocycles. The number of ketones is 1. The Hall–Kier alpha value is 0.0600. The maximum Gasteiger partial charge on any atom is 0.139 e. The molecule has 1 unspecified atom stereocenters. The van der Waals surface area contributed by atoms with Gasteiger partial charge in [0.15, 0.2) is 0 Å². The van der Waals surface area contributed by atoms with Crippen molar-refractivity contribution in [1.29, 1.82) is 0 Å². The lowest BCUT2D eigenvalue weighted by molar-refractivity contribution is -0.120. The summed E-state index contributed by atoms with van der Waals surface area (Å²) in [5, 5.41) is 9.09. The first-order chi connectivity index (χ1) is 3.95. The van der Waals surface area contributed by atoms with E-state index in [9.17, 15) is 4.79 Å². The molecule has 0 spiro atoms. The standard InChI is InChI=1S/C6H13O2P/c1-6(2,8)3-5(7)4-9/h8H,3-4,9H2,1-2H3. The van der Waals surface area contributed by atoms with Crippen molar-refractivity contribution >= 4 is 15.0 Å². The second-order valence-corrected chi connectivity index (χ2v) is 3.14. The summed E-state index contributed by atoms with van der Waals surface area (Å²) in [6, 6.07) is 0. The van der Waals surface area contributed by atoms with Gasteiger partial charge in [0.25, 0.3) is 0 Å². The van der Waals surface area contributed by atoms with Crippen molar-refractivity contribution in [2.75, 3.05) is 6.16 Å². The number of rotatable bonds is 3. The molecular formula is C6H13O2P. The van der Waals surface area contributed by atoms with E-state index < -0.39 is 5.60 Å². The summed E-state index contributed by atoms with van der Waals surface area (Å²) in [6.07, 6.45) is 0.681. The Bertz CT molecular complexity index is 104. The average molecular weight is 148 g/mol. The molecule has 0 aliphatic carbocycles. The van der Waals surface area contributed by atoms with Crippen LogP contribution in [0.25, 0.3) is 0 Å². The molecule has 0 fully saturated rings. The van der Waals surface area contributed by atoms with E-state index >= 15 is 0 Å². The van der Waals surface area contributed by atoms with Gasteiger partial charge in [-0.3, -0.25) is 4.79 Å². The average Bonchev–Trinajstić information content (AvgIpc) is 1.62. The molecule has 0 amide bonds. The summed E-state index contributed by atoms with van der Waals surface area (Å²) < 4.78 is 0. The summed E-state index contributed by atoms with van der Waals surface area (Å²) in [4.78, 5) is 10.6. The van der Waals surface area contributed by atoms with E-state index in [4.69, 9.17) is 5.11 Å². The van der Waals surface area contributed by atoms with E-state index in [-0.39, 0.29) is 12.2 Å². The Kier molecular flexibility index (Phi) is 3.31. The molecule has 2 nitrogen and oxygen atoms in total. The number of hydrogen-bond acceptors (Lipinski definition) is 2. The highest BCUT2D eigenvalue weighted by atomic mass is 31.0. The maximum atomic E-state index is 10.6. The van der Waals surface area contributed by atoms with E-state index in [0.29, 0.717) is 6.16 Å². The zero-order valence-electron chi connectivity index (χ0n) is 5.85. The predicted molar refractivity (Wildman–Crippen MR) is 40.5 cm³/mol. The van der Waals surface area contributed by atoms with E-state index in [2.05, 4.69) is 9.24 Å². The third-order valence-electron chi connectivity index (χ3n) is 0.857. The molecule has 54 valence electrons. The minimum absolute atomic E-state index is 0.0764. The first-order valence-electron chi connectivity index (χ1n) is 2.90. The van der Waals surface area contributed by atoms with Crippen LogP contribution >= 0.6 is 9.24 Å². The highest BCUT2D eigenvalue weighted by molar-refractivity contribution is 7.18. The van der Waals surface area contributed by atoms with Crippen LogP contribution in [-0.2, 0) is 4.79 Å². The number of aliphatic hydroxyl groups is 1. The lowest BCUT2D eigenvalue weighted by Gasteiger charge is -2.14. The fourth-order valence-corrected chi connectivity index (χ4v) is 0.699. The Morgan fingerprint density at radius 3 is 2.22 bits per heavy atom. The molecule has 0 heterocycles. The smallest absolute Gasteiger partial charge is 0.139 e. The molecule has 0 aromatic rings. The van der Waals surface area contributed by atoms with Gasteiger partial charge in [0.05, 0.1) is 5.60 Å². The van der Waals surface area contributed by atoms with Crippen LogP contribution in [-0.4, -0.2) is 22.7 Å². The van der Waals surface area contributed by atoms with Crippen LogP contribution in [0, 0.1) is 0 Å². The summed E-state index contributed by atoms with van der Waals surface area (Å²) in [5.74, 6) is 0.0764. The second kappa shape index (κ2) is 3.28. The van der Waals surface area contributed by atoms with Gasteiger partial charge < -0.3 is 5.11 Å². The zero-order valence-corrected chi connectivity index (χ0v) is 7.00. The lowest BCUT2D eigenvalue weighted by atomic mass is 10.0. The molecule has 0 saturated heterocycles. The highest BCUT2D eigenvalue weighted by Gasteiger charge is 2.15. The highest BCUT2D eigenvalue weighted by Crippen LogP contribution is 2.08. The van der Waals surface area contributed by atoms with Crippen LogP contribution in [0.15, 0.2) is 0 Å². The molecule has 0 aliphatic rings. The molecule has 1 atom stereocenters. The van der Waals surface area contributed by atoms with Crippen molar-refractivity contribution in [3.63, 3.8) is 0 Å². The van der Waals surface area contributed by atoms with Crippen molar-refractivity contribution in [1.82, 2.24) is 0 Å². The van der Waals surface area contributed by atoms with Gasteiger partial charge in [0.1, 0.15) is 5.78 Å².